The van der Waals surface area contributed by atoms with Crippen LogP contribution in [0.5, 0.6) is 0 Å². The molecule has 12 heteroatoms. The molecule has 0 bridgehead atoms. The number of alkyl halides is 7. The number of aromatic amines is 1. The van der Waals surface area contributed by atoms with Gasteiger partial charge in [-0.15, -0.1) is 0 Å². The molecule has 0 aliphatic heterocycles. The van der Waals surface area contributed by atoms with E-state index in [0.717, 1.165) is 6.33 Å². The molecule has 2 heterocycles. The molecule has 2 aromatic rings. The number of nitrogens with zero attached hydrogens (tertiary/aromatic N) is 3. The van der Waals surface area contributed by atoms with E-state index in [1.54, 1.807) is 0 Å². The molecule has 0 aliphatic rings. The number of halogens is 7. The van der Waals surface area contributed by atoms with E-state index >= 15 is 0 Å². The molecular formula is C8H4F7N5. The van der Waals surface area contributed by atoms with Gasteiger partial charge in [-0.25, -0.2) is 15.0 Å². The molecule has 0 amide bonds. The quantitative estimate of drug-likeness (QED) is 0.834. The van der Waals surface area contributed by atoms with Crippen molar-refractivity contribution in [3.8, 4) is 0 Å². The van der Waals surface area contributed by atoms with Crippen molar-refractivity contribution in [1.82, 2.24) is 19.9 Å². The second kappa shape index (κ2) is 3.93. The highest BCUT2D eigenvalue weighted by molar-refractivity contribution is 5.80. The minimum atomic E-state index is -6.48. The SMILES string of the molecule is Nc1nc(C(F)(F)C(F)(F)C(F)(F)F)nc2nc[nH]c12. The first-order chi connectivity index (χ1) is 8.98. The lowest BCUT2D eigenvalue weighted by atomic mass is 10.1. The second-order valence-corrected chi connectivity index (χ2v) is 3.68. The summed E-state index contributed by atoms with van der Waals surface area (Å²) >= 11 is 0. The Labute approximate surface area is 105 Å². The fourth-order valence-corrected chi connectivity index (χ4v) is 1.31. The van der Waals surface area contributed by atoms with E-state index < -0.39 is 35.3 Å². The van der Waals surface area contributed by atoms with Crippen molar-refractivity contribution in [3.63, 3.8) is 0 Å². The number of hydrogen-bond acceptors (Lipinski definition) is 4. The van der Waals surface area contributed by atoms with E-state index in [1.165, 1.54) is 0 Å². The normalized spacial score (nSPS) is 13.9. The summed E-state index contributed by atoms with van der Waals surface area (Å²) in [5, 5.41) is 0. The predicted molar refractivity (Wildman–Crippen MR) is 51.0 cm³/mol. The molecule has 0 fully saturated rings. The van der Waals surface area contributed by atoms with Crippen molar-refractivity contribution in [2.45, 2.75) is 18.0 Å². The number of aromatic nitrogens is 4. The molecule has 2 aromatic heterocycles. The number of hydrogen-bond donors (Lipinski definition) is 2. The Hall–Kier alpha value is -2.14. The summed E-state index contributed by atoms with van der Waals surface area (Å²) in [5.74, 6) is -14.8. The average molecular weight is 303 g/mol. The van der Waals surface area contributed by atoms with Gasteiger partial charge in [0.05, 0.1) is 6.33 Å². The van der Waals surface area contributed by atoms with Crippen LogP contribution < -0.4 is 5.73 Å². The highest BCUT2D eigenvalue weighted by Gasteiger charge is 2.75. The summed E-state index contributed by atoms with van der Waals surface area (Å²) in [6.45, 7) is 0. The first-order valence-electron chi connectivity index (χ1n) is 4.78. The van der Waals surface area contributed by atoms with Crippen molar-refractivity contribution in [2.24, 2.45) is 0 Å². The number of anilines is 1. The van der Waals surface area contributed by atoms with E-state index in [9.17, 15) is 30.7 Å². The van der Waals surface area contributed by atoms with Crippen LogP contribution in [0.1, 0.15) is 5.82 Å². The summed E-state index contributed by atoms with van der Waals surface area (Å²) in [5.41, 5.74) is 4.46. The van der Waals surface area contributed by atoms with Gasteiger partial charge in [0, 0.05) is 0 Å². The third kappa shape index (κ3) is 1.82. The van der Waals surface area contributed by atoms with E-state index in [2.05, 4.69) is 19.9 Å². The first-order valence-corrected chi connectivity index (χ1v) is 4.78. The summed E-state index contributed by atoms with van der Waals surface area (Å²) < 4.78 is 88.5. The molecule has 0 aromatic carbocycles. The molecule has 0 radical (unpaired) electrons. The van der Waals surface area contributed by atoms with Gasteiger partial charge in [0.25, 0.3) is 0 Å². The van der Waals surface area contributed by atoms with E-state index in [1.807, 2.05) is 0 Å². The maximum Gasteiger partial charge on any atom is 0.460 e. The van der Waals surface area contributed by atoms with Gasteiger partial charge in [-0.05, 0) is 0 Å². The topological polar surface area (TPSA) is 80.5 Å². The van der Waals surface area contributed by atoms with Crippen LogP contribution >= 0.6 is 0 Å². The molecule has 0 saturated heterocycles. The molecule has 0 unspecified atom stereocenters. The van der Waals surface area contributed by atoms with Gasteiger partial charge in [0.15, 0.2) is 11.5 Å². The van der Waals surface area contributed by atoms with Gasteiger partial charge in [-0.3, -0.25) is 0 Å². The number of rotatable bonds is 2. The fraction of sp³-hybridized carbons (Fsp3) is 0.375. The van der Waals surface area contributed by atoms with Crippen molar-refractivity contribution < 1.29 is 30.7 Å². The van der Waals surface area contributed by atoms with E-state index in [-0.39, 0.29) is 5.52 Å². The minimum absolute atomic E-state index is 0.153. The molecular weight excluding hydrogens is 299 g/mol. The van der Waals surface area contributed by atoms with Crippen molar-refractivity contribution >= 4 is 17.0 Å². The van der Waals surface area contributed by atoms with Gasteiger partial charge < -0.3 is 10.7 Å². The third-order valence-corrected chi connectivity index (χ3v) is 2.34. The maximum absolute atomic E-state index is 13.4. The molecule has 0 atom stereocenters. The van der Waals surface area contributed by atoms with Gasteiger partial charge in [-0.1, -0.05) is 0 Å². The largest absolute Gasteiger partial charge is 0.460 e. The molecule has 3 N–H and O–H groups in total. The highest BCUT2D eigenvalue weighted by atomic mass is 19.4. The smallest absolute Gasteiger partial charge is 0.382 e. The molecule has 0 spiro atoms. The van der Waals surface area contributed by atoms with Crippen molar-refractivity contribution in [3.05, 3.63) is 12.2 Å². The van der Waals surface area contributed by atoms with Crippen molar-refractivity contribution in [1.29, 1.82) is 0 Å². The van der Waals surface area contributed by atoms with E-state index in [4.69, 9.17) is 5.73 Å². The van der Waals surface area contributed by atoms with Crippen LogP contribution in [0.25, 0.3) is 11.2 Å². The number of H-pyrrole nitrogens is 1. The Morgan fingerprint density at radius 3 is 2.15 bits per heavy atom. The monoisotopic (exact) mass is 303 g/mol. The molecule has 5 nitrogen and oxygen atoms in total. The number of fused-ring (bicyclic) bond motifs is 1. The molecule has 110 valence electrons. The zero-order chi connectivity index (χ0) is 15.3. The first kappa shape index (κ1) is 14.3. The summed E-state index contributed by atoms with van der Waals surface area (Å²) in [6.07, 6.45) is -5.53. The molecule has 0 aliphatic carbocycles. The zero-order valence-corrected chi connectivity index (χ0v) is 9.14. The Bertz CT molecular complexity index is 646. The standard InChI is InChI=1S/C8H4F7N5/c9-6(10,7(11,12)8(13,14)15)5-19-3(16)2-4(20-5)18-1-17-2/h1H,(H3,16,17,18,19,20). The zero-order valence-electron chi connectivity index (χ0n) is 9.14. The highest BCUT2D eigenvalue weighted by Crippen LogP contribution is 2.51. The summed E-state index contributed by atoms with van der Waals surface area (Å²) in [7, 11) is 0. The number of nitrogens with two attached hydrogens (primary N) is 1. The number of nitrogen functional groups attached to an aromatic ring is 1. The minimum Gasteiger partial charge on any atom is -0.382 e. The van der Waals surface area contributed by atoms with Crippen LogP contribution in [0.15, 0.2) is 6.33 Å². The van der Waals surface area contributed by atoms with Crippen LogP contribution in [0.4, 0.5) is 36.6 Å². The fourth-order valence-electron chi connectivity index (χ4n) is 1.31. The van der Waals surface area contributed by atoms with Crippen molar-refractivity contribution in [2.75, 3.05) is 5.73 Å². The Morgan fingerprint density at radius 2 is 1.60 bits per heavy atom. The Balaban J connectivity index is 2.62. The van der Waals surface area contributed by atoms with Crippen LogP contribution in [0, 0.1) is 0 Å². The summed E-state index contributed by atoms with van der Waals surface area (Å²) in [6, 6.07) is 0. The van der Waals surface area contributed by atoms with Gasteiger partial charge in [0.1, 0.15) is 5.52 Å². The van der Waals surface area contributed by atoms with Gasteiger partial charge in [0.2, 0.25) is 5.82 Å². The third-order valence-electron chi connectivity index (χ3n) is 2.34. The van der Waals surface area contributed by atoms with Gasteiger partial charge in [-0.2, -0.15) is 30.7 Å². The summed E-state index contributed by atoms with van der Waals surface area (Å²) in [4.78, 5) is 11.3. The van der Waals surface area contributed by atoms with Crippen LogP contribution in [0.3, 0.4) is 0 Å². The van der Waals surface area contributed by atoms with Crippen LogP contribution in [-0.2, 0) is 5.92 Å². The number of nitrogens with one attached hydrogen (secondary N) is 1. The Kier molecular flexibility index (Phi) is 2.80. The molecule has 2 rings (SSSR count). The number of imidazole rings is 1. The molecule has 0 saturated carbocycles. The van der Waals surface area contributed by atoms with Crippen LogP contribution in [-0.4, -0.2) is 32.0 Å². The average Bonchev–Trinajstić information content (AvgIpc) is 2.75. The lowest BCUT2D eigenvalue weighted by molar-refractivity contribution is -0.361. The van der Waals surface area contributed by atoms with Crippen LogP contribution in [0.2, 0.25) is 0 Å². The molecule has 20 heavy (non-hydrogen) atoms. The lowest BCUT2D eigenvalue weighted by Gasteiger charge is -2.26. The second-order valence-electron chi connectivity index (χ2n) is 3.68. The van der Waals surface area contributed by atoms with Gasteiger partial charge >= 0.3 is 18.0 Å². The lowest BCUT2D eigenvalue weighted by Crippen LogP contribution is -2.50. The van der Waals surface area contributed by atoms with E-state index in [0.29, 0.717) is 0 Å². The Morgan fingerprint density at radius 1 is 1.00 bits per heavy atom. The predicted octanol–water partition coefficient (Wildman–Crippen LogP) is 2.22. The maximum atomic E-state index is 13.4.